The predicted octanol–water partition coefficient (Wildman–Crippen LogP) is 8.46. The maximum Gasteiger partial charge on any atom is 0.150 e. The molecule has 1 N–H and O–H groups in total. The third-order valence-corrected chi connectivity index (χ3v) is 8.84. The number of H-pyrrole nitrogens is 1. The van der Waals surface area contributed by atoms with E-state index in [1.54, 1.807) is 0 Å². The molecule has 0 unspecified atom stereocenters. The molecule has 0 radical (unpaired) electrons. The first-order valence-electron chi connectivity index (χ1n) is 13.3. The van der Waals surface area contributed by atoms with Crippen LogP contribution in [0, 0.1) is 34.0 Å². The van der Waals surface area contributed by atoms with E-state index in [1.165, 1.54) is 22.0 Å². The Labute approximate surface area is 231 Å². The zero-order valence-electron chi connectivity index (χ0n) is 21.4. The van der Waals surface area contributed by atoms with Crippen molar-refractivity contribution in [2.24, 2.45) is 11.3 Å². The van der Waals surface area contributed by atoms with Crippen LogP contribution >= 0.6 is 15.9 Å². The van der Waals surface area contributed by atoms with Crippen molar-refractivity contribution >= 4 is 37.7 Å². The van der Waals surface area contributed by atoms with Crippen LogP contribution in [-0.2, 0) is 13.0 Å². The molecule has 0 amide bonds. The summed E-state index contributed by atoms with van der Waals surface area (Å²) >= 11 is 3.72. The van der Waals surface area contributed by atoms with Crippen molar-refractivity contribution in [3.05, 3.63) is 106 Å². The Morgan fingerprint density at radius 2 is 1.76 bits per heavy atom. The van der Waals surface area contributed by atoms with Crippen LogP contribution in [0.3, 0.4) is 0 Å². The fourth-order valence-electron chi connectivity index (χ4n) is 6.50. The average Bonchev–Trinajstić information content (AvgIpc) is 3.44. The lowest BCUT2D eigenvalue weighted by molar-refractivity contribution is 0.275. The number of rotatable bonds is 5. The predicted molar refractivity (Wildman–Crippen MR) is 156 cm³/mol. The molecule has 0 aliphatic heterocycles. The molecule has 0 spiro atoms. The zero-order valence-corrected chi connectivity index (χ0v) is 23.0. The van der Waals surface area contributed by atoms with Gasteiger partial charge in [0, 0.05) is 57.1 Å². The van der Waals surface area contributed by atoms with Crippen molar-refractivity contribution in [2.45, 2.75) is 45.1 Å². The van der Waals surface area contributed by atoms with Gasteiger partial charge in [-0.3, -0.25) is 0 Å². The minimum Gasteiger partial charge on any atom is -0.358 e. The van der Waals surface area contributed by atoms with Gasteiger partial charge in [-0.2, -0.15) is 10.5 Å². The largest absolute Gasteiger partial charge is 0.358 e. The summed E-state index contributed by atoms with van der Waals surface area (Å²) < 4.78 is 3.39. The number of aromatic nitrogens is 2. The van der Waals surface area contributed by atoms with E-state index in [4.69, 9.17) is 0 Å². The summed E-state index contributed by atoms with van der Waals surface area (Å²) in [6.45, 7) is 2.93. The van der Waals surface area contributed by atoms with Crippen molar-refractivity contribution in [1.82, 2.24) is 9.55 Å². The molecule has 2 aromatic heterocycles. The van der Waals surface area contributed by atoms with E-state index in [0.29, 0.717) is 6.42 Å². The maximum absolute atomic E-state index is 10.4. The van der Waals surface area contributed by atoms with Crippen LogP contribution in [0.2, 0.25) is 0 Å². The normalized spacial score (nSPS) is 18.5. The number of halogens is 1. The van der Waals surface area contributed by atoms with Gasteiger partial charge in [-0.1, -0.05) is 77.8 Å². The number of nitrogens with one attached hydrogen (secondary N) is 1. The quantitative estimate of drug-likeness (QED) is 0.219. The van der Waals surface area contributed by atoms with Gasteiger partial charge in [0.2, 0.25) is 0 Å². The number of benzene rings is 3. The van der Waals surface area contributed by atoms with Gasteiger partial charge >= 0.3 is 0 Å². The van der Waals surface area contributed by atoms with Crippen molar-refractivity contribution in [1.29, 1.82) is 10.5 Å². The number of para-hydroxylation sites is 1. The molecule has 2 heterocycles. The first-order chi connectivity index (χ1) is 18.6. The Hall–Kier alpha value is -3.80. The van der Waals surface area contributed by atoms with Crippen LogP contribution in [0.15, 0.2) is 83.5 Å². The fourth-order valence-corrected chi connectivity index (χ4v) is 6.86. The highest BCUT2D eigenvalue weighted by Gasteiger charge is 2.45. The number of nitrogens with zero attached hydrogens (tertiary/aromatic N) is 3. The molecule has 1 aliphatic rings. The van der Waals surface area contributed by atoms with Crippen LogP contribution in [0.1, 0.15) is 54.5 Å². The minimum atomic E-state index is -1.05. The highest BCUT2D eigenvalue weighted by Crippen LogP contribution is 2.50. The van der Waals surface area contributed by atoms with Crippen molar-refractivity contribution in [3.63, 3.8) is 0 Å². The summed E-state index contributed by atoms with van der Waals surface area (Å²) in [6.07, 6.45) is 5.31. The van der Waals surface area contributed by atoms with Gasteiger partial charge in [0.05, 0.1) is 12.1 Å². The Morgan fingerprint density at radius 1 is 1.00 bits per heavy atom. The van der Waals surface area contributed by atoms with E-state index in [9.17, 15) is 10.5 Å². The summed E-state index contributed by atoms with van der Waals surface area (Å²) in [5.74, 6) is 0.0260. The molecule has 5 aromatic rings. The van der Waals surface area contributed by atoms with E-state index in [1.807, 2.05) is 18.2 Å². The van der Waals surface area contributed by atoms with Gasteiger partial charge in [0.1, 0.15) is 0 Å². The summed E-state index contributed by atoms with van der Waals surface area (Å²) in [5, 5.41) is 23.2. The number of fused-ring (bicyclic) bond motifs is 4. The molecule has 0 fully saturated rings. The second-order valence-electron chi connectivity index (χ2n) is 10.6. The van der Waals surface area contributed by atoms with Gasteiger partial charge in [-0.25, -0.2) is 0 Å². The summed E-state index contributed by atoms with van der Waals surface area (Å²) in [5.41, 5.74) is 5.97. The Morgan fingerprint density at radius 3 is 2.53 bits per heavy atom. The van der Waals surface area contributed by atoms with Gasteiger partial charge < -0.3 is 9.55 Å². The summed E-state index contributed by atoms with van der Waals surface area (Å²) in [6, 6.07) is 30.4. The molecular formula is C33H29BrN4. The molecule has 5 heteroatoms. The maximum atomic E-state index is 10.4. The van der Waals surface area contributed by atoms with Crippen LogP contribution in [0.25, 0.3) is 21.8 Å². The van der Waals surface area contributed by atoms with E-state index in [2.05, 4.69) is 105 Å². The lowest BCUT2D eigenvalue weighted by Gasteiger charge is -2.28. The second kappa shape index (κ2) is 9.82. The van der Waals surface area contributed by atoms with Gasteiger partial charge in [0.15, 0.2) is 5.41 Å². The monoisotopic (exact) mass is 560 g/mol. The Bertz CT molecular complexity index is 1700. The molecule has 188 valence electrons. The molecule has 3 aromatic carbocycles. The van der Waals surface area contributed by atoms with Crippen molar-refractivity contribution < 1.29 is 0 Å². The van der Waals surface area contributed by atoms with E-state index in [-0.39, 0.29) is 11.8 Å². The van der Waals surface area contributed by atoms with Gasteiger partial charge in [-0.15, -0.1) is 0 Å². The minimum absolute atomic E-state index is 0.0215. The van der Waals surface area contributed by atoms with Gasteiger partial charge in [0.25, 0.3) is 0 Å². The van der Waals surface area contributed by atoms with Crippen molar-refractivity contribution in [3.8, 4) is 12.1 Å². The molecule has 2 atom stereocenters. The van der Waals surface area contributed by atoms with E-state index in [0.717, 1.165) is 52.4 Å². The zero-order chi connectivity index (χ0) is 26.3. The van der Waals surface area contributed by atoms with Crippen LogP contribution in [-0.4, -0.2) is 9.55 Å². The molecule has 0 bridgehead atoms. The average molecular weight is 562 g/mol. The molecule has 6 rings (SSSR count). The standard InChI is InChI=1S/C33H29BrN4/c1-2-8-23-15-27(32-28(17-33(23,20-35)21-36)25-11-6-7-12-30(25)37-32)29-19-38(18-22-9-4-3-5-10-22)31-14-13-24(34)16-26(29)31/h3-7,9-14,16,19,23,27,37H,2,8,15,17-18H2,1H3/t23-,27-/m1/s1. The highest BCUT2D eigenvalue weighted by atomic mass is 79.9. The number of nitriles is 2. The first kappa shape index (κ1) is 24.5. The summed E-state index contributed by atoms with van der Waals surface area (Å²) in [4.78, 5) is 3.75. The van der Waals surface area contributed by atoms with Crippen LogP contribution in [0.5, 0.6) is 0 Å². The molecule has 0 saturated heterocycles. The lowest BCUT2D eigenvalue weighted by atomic mass is 9.70. The molecule has 38 heavy (non-hydrogen) atoms. The Balaban J connectivity index is 1.59. The molecule has 0 saturated carbocycles. The fraction of sp³-hybridized carbons (Fsp3) is 0.273. The Kier molecular flexibility index (Phi) is 6.34. The second-order valence-corrected chi connectivity index (χ2v) is 11.5. The first-order valence-corrected chi connectivity index (χ1v) is 14.1. The van der Waals surface area contributed by atoms with Crippen LogP contribution < -0.4 is 0 Å². The van der Waals surface area contributed by atoms with E-state index >= 15 is 0 Å². The third-order valence-electron chi connectivity index (χ3n) is 8.35. The number of aromatic amines is 1. The third kappa shape index (κ3) is 4.03. The topological polar surface area (TPSA) is 68.3 Å². The summed E-state index contributed by atoms with van der Waals surface area (Å²) in [7, 11) is 0. The SMILES string of the molecule is CCC[C@@H]1C[C@H](c2cn(Cc3ccccc3)c3ccc(Br)cc23)c2[nH]c3ccccc3c2CC1(C#N)C#N. The number of hydrogen-bond donors (Lipinski definition) is 1. The molecule has 1 aliphatic carbocycles. The van der Waals surface area contributed by atoms with Crippen LogP contribution in [0.4, 0.5) is 0 Å². The van der Waals surface area contributed by atoms with E-state index < -0.39 is 5.41 Å². The van der Waals surface area contributed by atoms with Gasteiger partial charge in [-0.05, 0) is 59.7 Å². The molecule has 4 nitrogen and oxygen atoms in total. The smallest absolute Gasteiger partial charge is 0.150 e. The molecular weight excluding hydrogens is 532 g/mol. The lowest BCUT2D eigenvalue weighted by Crippen LogP contribution is -2.29. The highest BCUT2D eigenvalue weighted by molar-refractivity contribution is 9.10. The number of hydrogen-bond acceptors (Lipinski definition) is 2. The van der Waals surface area contributed by atoms with Crippen molar-refractivity contribution in [2.75, 3.05) is 0 Å².